The molecule has 0 aromatic rings. The van der Waals surface area contributed by atoms with Crippen LogP contribution >= 0.6 is 12.6 Å². The Labute approximate surface area is 69.4 Å². The van der Waals surface area contributed by atoms with Gasteiger partial charge in [0.05, 0.1) is 0 Å². The molecule has 0 saturated heterocycles. The molecule has 0 aromatic carbocycles. The van der Waals surface area contributed by atoms with Gasteiger partial charge < -0.3 is 0 Å². The van der Waals surface area contributed by atoms with E-state index in [2.05, 4.69) is 0 Å². The summed E-state index contributed by atoms with van der Waals surface area (Å²) in [5, 5.41) is 0. The maximum absolute atomic E-state index is 4.70. The van der Waals surface area contributed by atoms with Crippen LogP contribution in [0.3, 0.4) is 0 Å². The second-order valence-electron chi connectivity index (χ2n) is 4.08. The molecule has 2 aliphatic carbocycles. The van der Waals surface area contributed by atoms with Gasteiger partial charge in [-0.1, -0.05) is 31.5 Å². The van der Waals surface area contributed by atoms with Gasteiger partial charge in [0.15, 0.2) is 0 Å². The molecule has 0 radical (unpaired) electrons. The molecule has 0 aliphatic heterocycles. The van der Waals surface area contributed by atoms with Crippen LogP contribution in [0.15, 0.2) is 0 Å². The lowest BCUT2D eigenvalue weighted by Gasteiger charge is -2.41. The summed E-state index contributed by atoms with van der Waals surface area (Å²) >= 11 is 4.70. The van der Waals surface area contributed by atoms with Gasteiger partial charge in [-0.2, -0.15) is 12.6 Å². The predicted octanol–water partition coefficient (Wildman–Crippen LogP) is 2.21. The minimum Gasteiger partial charge on any atom is -0.181 e. The van der Waals surface area contributed by atoms with Gasteiger partial charge in [-0.05, 0) is 17.5 Å². The minimum atomic E-state index is 0.491. The Balaban J connectivity index is 1.77. The van der Waals surface area contributed by atoms with Gasteiger partial charge in [0.1, 0.15) is 7.28 Å². The van der Waals surface area contributed by atoms with Crippen LogP contribution in [-0.4, -0.2) is 11.9 Å². The lowest BCUT2D eigenvalue weighted by molar-refractivity contribution is 0.438. The van der Waals surface area contributed by atoms with E-state index in [1.807, 2.05) is 0 Å². The topological polar surface area (TPSA) is 0 Å². The molecule has 0 unspecified atom stereocenters. The van der Waals surface area contributed by atoms with Crippen LogP contribution in [-0.2, 0) is 0 Å². The maximum atomic E-state index is 4.70. The van der Waals surface area contributed by atoms with Gasteiger partial charge in [0.2, 0.25) is 0 Å². The molecule has 56 valence electrons. The highest BCUT2D eigenvalue weighted by molar-refractivity contribution is 7.83. The molecule has 0 nitrogen and oxygen atoms in total. The summed E-state index contributed by atoms with van der Waals surface area (Å²) in [5.74, 6) is 1.05. The summed E-state index contributed by atoms with van der Waals surface area (Å²) in [7, 11) is 1.41. The molecule has 2 fully saturated rings. The van der Waals surface area contributed by atoms with Crippen molar-refractivity contribution in [3.63, 3.8) is 0 Å². The van der Waals surface area contributed by atoms with E-state index in [4.69, 9.17) is 12.6 Å². The summed E-state index contributed by atoms with van der Waals surface area (Å²) in [6.07, 6.45) is 8.65. The molecule has 2 aliphatic rings. The first-order valence-corrected chi connectivity index (χ1v) is 4.96. The van der Waals surface area contributed by atoms with Crippen LogP contribution in [0.1, 0.15) is 38.5 Å². The third-order valence-corrected chi connectivity index (χ3v) is 3.81. The van der Waals surface area contributed by atoms with Crippen molar-refractivity contribution < 1.29 is 0 Å². The Morgan fingerprint density at radius 2 is 1.90 bits per heavy atom. The van der Waals surface area contributed by atoms with Crippen molar-refractivity contribution in [2.24, 2.45) is 0 Å². The first-order chi connectivity index (χ1) is 4.79. The van der Waals surface area contributed by atoms with Crippen molar-refractivity contribution in [3.8, 4) is 0 Å². The molecule has 0 heterocycles. The van der Waals surface area contributed by atoms with E-state index in [0.29, 0.717) is 4.65 Å². The monoisotopic (exact) mass is 154 g/mol. The van der Waals surface area contributed by atoms with Gasteiger partial charge in [0.25, 0.3) is 0 Å². The van der Waals surface area contributed by atoms with Gasteiger partial charge in [-0.15, -0.1) is 0 Å². The fraction of sp³-hybridized carbons (Fsp3) is 1.00. The number of hydrogen-bond donors (Lipinski definition) is 1. The maximum Gasteiger partial charge on any atom is 0.143 e. The smallest absolute Gasteiger partial charge is 0.143 e. The summed E-state index contributed by atoms with van der Waals surface area (Å²) in [6.45, 7) is 0. The Morgan fingerprint density at radius 3 is 2.20 bits per heavy atom. The Kier molecular flexibility index (Phi) is 1.75. The summed E-state index contributed by atoms with van der Waals surface area (Å²) < 4.78 is 0.491. The largest absolute Gasteiger partial charge is 0.181 e. The van der Waals surface area contributed by atoms with Gasteiger partial charge in [-0.3, -0.25) is 0 Å². The third-order valence-electron chi connectivity index (χ3n) is 3.18. The average Bonchev–Trinajstić information content (AvgIpc) is 1.74. The minimum absolute atomic E-state index is 0.491. The Bertz CT molecular complexity index is 127. The summed E-state index contributed by atoms with van der Waals surface area (Å²) in [5.41, 5.74) is 0. The summed E-state index contributed by atoms with van der Waals surface area (Å²) in [6, 6.07) is 0. The molecular weight excluding hydrogens is 139 g/mol. The predicted molar refractivity (Wildman–Crippen MR) is 50.3 cm³/mol. The quantitative estimate of drug-likeness (QED) is 0.457. The highest BCUT2D eigenvalue weighted by Crippen LogP contribution is 2.43. The van der Waals surface area contributed by atoms with E-state index < -0.39 is 0 Å². The molecule has 0 aromatic heterocycles. The van der Waals surface area contributed by atoms with E-state index in [0.717, 1.165) is 5.82 Å². The van der Waals surface area contributed by atoms with Crippen LogP contribution in [0.2, 0.25) is 5.82 Å². The fourth-order valence-corrected chi connectivity index (χ4v) is 2.60. The molecular formula is C8H15BS. The zero-order chi connectivity index (χ0) is 7.03. The van der Waals surface area contributed by atoms with Gasteiger partial charge >= 0.3 is 0 Å². The van der Waals surface area contributed by atoms with Crippen LogP contribution in [0.5, 0.6) is 0 Å². The van der Waals surface area contributed by atoms with Crippen molar-refractivity contribution >= 4 is 19.9 Å². The van der Waals surface area contributed by atoms with E-state index in [-0.39, 0.29) is 0 Å². The zero-order valence-electron chi connectivity index (χ0n) is 6.47. The second kappa shape index (κ2) is 2.47. The highest BCUT2D eigenvalue weighted by atomic mass is 32.1. The number of thiol groups is 1. The standard InChI is InChI=1S/C8H15BS/c10-8(5-2-6-8)9-7-3-1-4-7/h7,9-10H,1-6H2. The van der Waals surface area contributed by atoms with E-state index in [1.54, 1.807) is 0 Å². The highest BCUT2D eigenvalue weighted by Gasteiger charge is 2.37. The number of rotatable bonds is 2. The number of hydrogen-bond acceptors (Lipinski definition) is 1. The van der Waals surface area contributed by atoms with Crippen LogP contribution in [0.4, 0.5) is 0 Å². The lowest BCUT2D eigenvalue weighted by atomic mass is 9.43. The third kappa shape index (κ3) is 1.23. The van der Waals surface area contributed by atoms with Gasteiger partial charge in [0, 0.05) is 0 Å². The van der Waals surface area contributed by atoms with Crippen LogP contribution in [0, 0.1) is 0 Å². The second-order valence-corrected chi connectivity index (χ2v) is 5.03. The van der Waals surface area contributed by atoms with Crippen molar-refractivity contribution in [2.75, 3.05) is 0 Å². The van der Waals surface area contributed by atoms with Crippen molar-refractivity contribution in [1.29, 1.82) is 0 Å². The molecule has 0 bridgehead atoms. The Morgan fingerprint density at radius 1 is 1.20 bits per heavy atom. The van der Waals surface area contributed by atoms with Crippen molar-refractivity contribution in [2.45, 2.75) is 49.0 Å². The van der Waals surface area contributed by atoms with Gasteiger partial charge in [-0.25, -0.2) is 0 Å². The molecule has 0 N–H and O–H groups in total. The van der Waals surface area contributed by atoms with Crippen LogP contribution < -0.4 is 0 Å². The van der Waals surface area contributed by atoms with E-state index >= 15 is 0 Å². The molecule has 0 spiro atoms. The first-order valence-electron chi connectivity index (χ1n) is 4.51. The van der Waals surface area contributed by atoms with E-state index in [1.165, 1.54) is 45.8 Å². The van der Waals surface area contributed by atoms with Crippen LogP contribution in [0.25, 0.3) is 0 Å². The molecule has 2 heteroatoms. The van der Waals surface area contributed by atoms with E-state index in [9.17, 15) is 0 Å². The Hall–Kier alpha value is 0.415. The molecule has 2 saturated carbocycles. The fourth-order valence-electron chi connectivity index (χ4n) is 2.02. The normalized spacial score (nSPS) is 30.5. The molecule has 2 rings (SSSR count). The average molecular weight is 154 g/mol. The molecule has 0 amide bonds. The molecule has 10 heavy (non-hydrogen) atoms. The van der Waals surface area contributed by atoms with Crippen molar-refractivity contribution in [3.05, 3.63) is 0 Å². The zero-order valence-corrected chi connectivity index (χ0v) is 7.37. The lowest BCUT2D eigenvalue weighted by Crippen LogP contribution is -2.40. The summed E-state index contributed by atoms with van der Waals surface area (Å²) in [4.78, 5) is 0. The molecule has 0 atom stereocenters. The first kappa shape index (κ1) is 7.09. The van der Waals surface area contributed by atoms with Crippen molar-refractivity contribution in [1.82, 2.24) is 0 Å². The SMILES string of the molecule is SC1(BC2CCC2)CCC1.